The van der Waals surface area contributed by atoms with E-state index in [4.69, 9.17) is 16.9 Å². The topological polar surface area (TPSA) is 73.2 Å². The summed E-state index contributed by atoms with van der Waals surface area (Å²) in [5.41, 5.74) is 0.278. The van der Waals surface area contributed by atoms with Crippen LogP contribution in [0.3, 0.4) is 0 Å². The molecule has 1 unspecified atom stereocenters. The van der Waals surface area contributed by atoms with Gasteiger partial charge in [0.15, 0.2) is 0 Å². The summed E-state index contributed by atoms with van der Waals surface area (Å²) in [4.78, 5) is 0.145. The van der Waals surface area contributed by atoms with Crippen molar-refractivity contribution in [3.05, 3.63) is 28.8 Å². The normalized spacial score (nSPS) is 18.9. The van der Waals surface area contributed by atoms with Crippen LogP contribution in [0, 0.1) is 11.3 Å². The minimum absolute atomic E-state index is 0.0237. The maximum atomic E-state index is 12.8. The van der Waals surface area contributed by atoms with Gasteiger partial charge >= 0.3 is 0 Å². The predicted molar refractivity (Wildman–Crippen MR) is 81.6 cm³/mol. The van der Waals surface area contributed by atoms with Crippen LogP contribution >= 0.6 is 11.6 Å². The van der Waals surface area contributed by atoms with Gasteiger partial charge < -0.3 is 5.32 Å². The van der Waals surface area contributed by atoms with Gasteiger partial charge in [0.05, 0.1) is 15.5 Å². The predicted octanol–water partition coefficient (Wildman–Crippen LogP) is 1.97. The van der Waals surface area contributed by atoms with Crippen molar-refractivity contribution >= 4 is 21.6 Å². The second-order valence-corrected chi connectivity index (χ2v) is 7.31. The van der Waals surface area contributed by atoms with E-state index in [1.807, 2.05) is 13.0 Å². The minimum Gasteiger partial charge on any atom is -0.315 e. The molecule has 0 spiro atoms. The smallest absolute Gasteiger partial charge is 0.243 e. The van der Waals surface area contributed by atoms with Crippen molar-refractivity contribution in [2.45, 2.75) is 30.7 Å². The highest BCUT2D eigenvalue weighted by Gasteiger charge is 2.32. The number of halogens is 1. The molecule has 21 heavy (non-hydrogen) atoms. The Hall–Kier alpha value is -1.13. The van der Waals surface area contributed by atoms with E-state index in [1.54, 1.807) is 4.31 Å². The Morgan fingerprint density at radius 2 is 2.29 bits per heavy atom. The van der Waals surface area contributed by atoms with Gasteiger partial charge in [0.1, 0.15) is 6.07 Å². The molecule has 2 rings (SSSR count). The molecule has 1 fully saturated rings. The number of nitriles is 1. The number of hydrogen-bond acceptors (Lipinski definition) is 4. The number of nitrogens with zero attached hydrogens (tertiary/aromatic N) is 2. The van der Waals surface area contributed by atoms with Crippen LogP contribution in [0.15, 0.2) is 23.1 Å². The first-order valence-electron chi connectivity index (χ1n) is 6.93. The summed E-state index contributed by atoms with van der Waals surface area (Å²) in [7, 11) is -3.59. The zero-order valence-corrected chi connectivity index (χ0v) is 13.4. The lowest BCUT2D eigenvalue weighted by molar-refractivity contribution is 0.335. The minimum atomic E-state index is -3.59. The van der Waals surface area contributed by atoms with E-state index in [2.05, 4.69) is 5.32 Å². The van der Waals surface area contributed by atoms with Gasteiger partial charge in [-0.2, -0.15) is 9.57 Å². The number of sulfonamides is 1. The van der Waals surface area contributed by atoms with Crippen LogP contribution in [0.2, 0.25) is 5.02 Å². The zero-order valence-electron chi connectivity index (χ0n) is 11.8. The van der Waals surface area contributed by atoms with Gasteiger partial charge in [0.25, 0.3) is 0 Å². The zero-order chi connectivity index (χ0) is 15.5. The molecule has 0 aromatic heterocycles. The first-order chi connectivity index (χ1) is 10.0. The summed E-state index contributed by atoms with van der Waals surface area (Å²) in [5.74, 6) is 0. The third-order valence-corrected chi connectivity index (χ3v) is 5.81. The molecule has 1 aromatic carbocycles. The summed E-state index contributed by atoms with van der Waals surface area (Å²) < 4.78 is 27.2. The summed E-state index contributed by atoms with van der Waals surface area (Å²) >= 11 is 5.96. The van der Waals surface area contributed by atoms with Gasteiger partial charge in [0.2, 0.25) is 10.0 Å². The van der Waals surface area contributed by atoms with Crippen LogP contribution < -0.4 is 5.32 Å². The molecule has 114 valence electrons. The van der Waals surface area contributed by atoms with Crippen LogP contribution in [-0.4, -0.2) is 38.4 Å². The summed E-state index contributed by atoms with van der Waals surface area (Å²) in [6.07, 6.45) is 1.56. The second kappa shape index (κ2) is 6.75. The van der Waals surface area contributed by atoms with Crippen LogP contribution in [0.1, 0.15) is 25.3 Å². The van der Waals surface area contributed by atoms with Gasteiger partial charge in [-0.05, 0) is 37.6 Å². The molecule has 7 heteroatoms. The van der Waals surface area contributed by atoms with Crippen molar-refractivity contribution in [1.29, 1.82) is 5.26 Å². The highest BCUT2D eigenvalue weighted by molar-refractivity contribution is 7.89. The fourth-order valence-corrected chi connectivity index (χ4v) is 4.55. The van der Waals surface area contributed by atoms with Gasteiger partial charge in [-0.1, -0.05) is 18.5 Å². The molecule has 5 nitrogen and oxygen atoms in total. The number of rotatable bonds is 5. The van der Waals surface area contributed by atoms with E-state index in [1.165, 1.54) is 18.2 Å². The highest BCUT2D eigenvalue weighted by atomic mass is 35.5. The fourth-order valence-electron chi connectivity index (χ4n) is 2.49. The van der Waals surface area contributed by atoms with E-state index in [9.17, 15) is 8.42 Å². The second-order valence-electron chi connectivity index (χ2n) is 5.02. The molecule has 1 N–H and O–H groups in total. The summed E-state index contributed by atoms with van der Waals surface area (Å²) in [6.45, 7) is 3.93. The molecule has 1 saturated heterocycles. The summed E-state index contributed by atoms with van der Waals surface area (Å²) in [6, 6.07) is 6.17. The van der Waals surface area contributed by atoms with Crippen molar-refractivity contribution in [3.8, 4) is 6.07 Å². The lowest BCUT2D eigenvalue weighted by Crippen LogP contribution is -2.42. The number of nitrogens with one attached hydrogen (secondary N) is 1. The Morgan fingerprint density at radius 3 is 2.81 bits per heavy atom. The van der Waals surface area contributed by atoms with Gasteiger partial charge in [0, 0.05) is 19.1 Å². The Bertz CT molecular complexity index is 649. The quantitative estimate of drug-likeness (QED) is 0.897. The fraction of sp³-hybridized carbons (Fsp3) is 0.500. The number of benzene rings is 1. The molecule has 0 saturated carbocycles. The molecule has 1 aliphatic heterocycles. The lowest BCUT2D eigenvalue weighted by atomic mass is 10.2. The average Bonchev–Trinajstić information content (AvgIpc) is 2.98. The van der Waals surface area contributed by atoms with Crippen LogP contribution in [0.25, 0.3) is 0 Å². The molecule has 1 atom stereocenters. The van der Waals surface area contributed by atoms with E-state index >= 15 is 0 Å². The average molecular weight is 328 g/mol. The Labute approximate surface area is 130 Å². The van der Waals surface area contributed by atoms with Crippen LogP contribution in [0.4, 0.5) is 0 Å². The van der Waals surface area contributed by atoms with Crippen LogP contribution in [0.5, 0.6) is 0 Å². The first-order valence-corrected chi connectivity index (χ1v) is 8.74. The molecule has 1 heterocycles. The van der Waals surface area contributed by atoms with Crippen molar-refractivity contribution in [2.24, 2.45) is 0 Å². The van der Waals surface area contributed by atoms with Crippen molar-refractivity contribution < 1.29 is 8.42 Å². The molecular formula is C14H18ClN3O2S. The van der Waals surface area contributed by atoms with Gasteiger partial charge in [-0.15, -0.1) is 0 Å². The Kier molecular flexibility index (Phi) is 5.22. The summed E-state index contributed by atoms with van der Waals surface area (Å²) in [5, 5.41) is 12.2. The molecule has 0 amide bonds. The monoisotopic (exact) mass is 327 g/mol. The van der Waals surface area contributed by atoms with Crippen molar-refractivity contribution in [1.82, 2.24) is 9.62 Å². The van der Waals surface area contributed by atoms with Crippen molar-refractivity contribution in [3.63, 3.8) is 0 Å². The van der Waals surface area contributed by atoms with E-state index in [0.717, 1.165) is 19.4 Å². The van der Waals surface area contributed by atoms with Gasteiger partial charge in [-0.25, -0.2) is 8.42 Å². The Morgan fingerprint density at radius 1 is 1.52 bits per heavy atom. The van der Waals surface area contributed by atoms with Crippen LogP contribution in [-0.2, 0) is 10.0 Å². The van der Waals surface area contributed by atoms with E-state index in [-0.39, 0.29) is 21.5 Å². The van der Waals surface area contributed by atoms with Crippen molar-refractivity contribution in [2.75, 3.05) is 19.6 Å². The molecule has 0 radical (unpaired) electrons. The van der Waals surface area contributed by atoms with E-state index in [0.29, 0.717) is 13.1 Å². The molecule has 1 aliphatic rings. The largest absolute Gasteiger partial charge is 0.315 e. The standard InChI is InChI=1S/C14H18ClN3O2S/c1-2-7-18(12-5-6-17-10-12)21(19,20)13-4-3-11(9-16)14(15)8-13/h3-4,8,12,17H,2,5-7,10H2,1H3. The number of hydrogen-bond donors (Lipinski definition) is 1. The lowest BCUT2D eigenvalue weighted by Gasteiger charge is -2.27. The molecule has 0 bridgehead atoms. The van der Waals surface area contributed by atoms with E-state index < -0.39 is 10.0 Å². The third kappa shape index (κ3) is 3.38. The van der Waals surface area contributed by atoms with Gasteiger partial charge in [-0.3, -0.25) is 0 Å². The maximum absolute atomic E-state index is 12.8. The molecule has 0 aliphatic carbocycles. The SMILES string of the molecule is CCCN(C1CCNC1)S(=O)(=O)c1ccc(C#N)c(Cl)c1. The Balaban J connectivity index is 2.38. The third-order valence-electron chi connectivity index (χ3n) is 3.55. The molecule has 1 aromatic rings. The highest BCUT2D eigenvalue weighted by Crippen LogP contribution is 2.25. The molecular weight excluding hydrogens is 310 g/mol. The first kappa shape index (κ1) is 16.2. The maximum Gasteiger partial charge on any atom is 0.243 e.